The summed E-state index contributed by atoms with van der Waals surface area (Å²) in [6.45, 7) is 1.86. The Hall–Kier alpha value is -2.31. The van der Waals surface area contributed by atoms with E-state index in [4.69, 9.17) is 11.6 Å². The highest BCUT2D eigenvalue weighted by Crippen LogP contribution is 2.24. The number of ketones is 1. The van der Waals surface area contributed by atoms with E-state index in [2.05, 4.69) is 9.38 Å². The fourth-order valence-corrected chi connectivity index (χ4v) is 3.33. The second-order valence-corrected chi connectivity index (χ2v) is 7.00. The van der Waals surface area contributed by atoms with Crippen molar-refractivity contribution in [3.63, 3.8) is 0 Å². The summed E-state index contributed by atoms with van der Waals surface area (Å²) in [6, 6.07) is 9.54. The van der Waals surface area contributed by atoms with Crippen molar-refractivity contribution in [2.75, 3.05) is 0 Å². The normalized spacial score (nSPS) is 16.2. The number of pyridine rings is 1. The van der Waals surface area contributed by atoms with E-state index < -0.39 is 15.8 Å². The molecule has 23 heavy (non-hydrogen) atoms. The SMILES string of the molecule is Cc1ccc(S(=O)(=O)N=C2C=C(Cl)C(=O)c3ncccc32)cc1. The molecule has 1 aliphatic rings. The minimum Gasteiger partial charge on any atom is -0.286 e. The van der Waals surface area contributed by atoms with Crippen molar-refractivity contribution < 1.29 is 13.2 Å². The van der Waals surface area contributed by atoms with Crippen molar-refractivity contribution in [2.45, 2.75) is 11.8 Å². The van der Waals surface area contributed by atoms with Gasteiger partial charge in [0, 0.05) is 11.8 Å². The Labute approximate surface area is 138 Å². The molecule has 5 nitrogen and oxygen atoms in total. The molecular weight excluding hydrogens is 336 g/mol. The molecule has 7 heteroatoms. The minimum absolute atomic E-state index is 0.0717. The standard InChI is InChI=1S/C16H11ClN2O3S/c1-10-4-6-11(7-5-10)23(21,22)19-14-9-13(17)16(20)15-12(14)3-2-8-18-15/h2-9H,1H3. The molecule has 0 spiro atoms. The van der Waals surface area contributed by atoms with E-state index >= 15 is 0 Å². The van der Waals surface area contributed by atoms with Crippen LogP contribution in [0, 0.1) is 6.92 Å². The van der Waals surface area contributed by atoms with Crippen LogP contribution in [-0.4, -0.2) is 24.9 Å². The van der Waals surface area contributed by atoms with Gasteiger partial charge in [0.2, 0.25) is 5.78 Å². The number of carbonyl (C=O) groups excluding carboxylic acids is 1. The van der Waals surface area contributed by atoms with Gasteiger partial charge < -0.3 is 0 Å². The summed E-state index contributed by atoms with van der Waals surface area (Å²) in [5, 5.41) is -0.117. The Morgan fingerprint density at radius 1 is 1.13 bits per heavy atom. The Morgan fingerprint density at radius 2 is 1.83 bits per heavy atom. The van der Waals surface area contributed by atoms with Crippen LogP contribution in [0.4, 0.5) is 0 Å². The minimum atomic E-state index is -3.91. The Morgan fingerprint density at radius 3 is 2.52 bits per heavy atom. The Kier molecular flexibility index (Phi) is 3.87. The van der Waals surface area contributed by atoms with Crippen molar-refractivity contribution in [3.05, 3.63) is 70.5 Å². The van der Waals surface area contributed by atoms with E-state index in [1.807, 2.05) is 6.92 Å². The highest BCUT2D eigenvalue weighted by molar-refractivity contribution is 7.90. The smallest absolute Gasteiger partial charge is 0.282 e. The molecule has 116 valence electrons. The lowest BCUT2D eigenvalue weighted by Gasteiger charge is -2.13. The van der Waals surface area contributed by atoms with Crippen LogP contribution in [0.2, 0.25) is 0 Å². The zero-order valence-corrected chi connectivity index (χ0v) is 13.6. The van der Waals surface area contributed by atoms with Crippen LogP contribution in [0.5, 0.6) is 0 Å². The Balaban J connectivity index is 2.15. The van der Waals surface area contributed by atoms with E-state index in [9.17, 15) is 13.2 Å². The third-order valence-electron chi connectivity index (χ3n) is 3.32. The van der Waals surface area contributed by atoms with Gasteiger partial charge in [-0.1, -0.05) is 29.3 Å². The van der Waals surface area contributed by atoms with Crippen molar-refractivity contribution in [1.29, 1.82) is 0 Å². The predicted octanol–water partition coefficient (Wildman–Crippen LogP) is 2.89. The highest BCUT2D eigenvalue weighted by atomic mass is 35.5. The molecule has 1 heterocycles. The monoisotopic (exact) mass is 346 g/mol. The van der Waals surface area contributed by atoms with E-state index in [0.29, 0.717) is 5.56 Å². The maximum atomic E-state index is 12.4. The number of hydrogen-bond donors (Lipinski definition) is 0. The van der Waals surface area contributed by atoms with Crippen LogP contribution < -0.4 is 0 Å². The fourth-order valence-electron chi connectivity index (χ4n) is 2.14. The molecule has 0 saturated heterocycles. The summed E-state index contributed by atoms with van der Waals surface area (Å²) in [7, 11) is -3.91. The number of halogens is 1. The molecule has 0 fully saturated rings. The number of benzene rings is 1. The van der Waals surface area contributed by atoms with Gasteiger partial charge in [-0.3, -0.25) is 9.78 Å². The van der Waals surface area contributed by atoms with Crippen molar-refractivity contribution in [3.8, 4) is 0 Å². The number of hydrogen-bond acceptors (Lipinski definition) is 4. The molecule has 0 atom stereocenters. The summed E-state index contributed by atoms with van der Waals surface area (Å²) in [5.74, 6) is -0.450. The number of allylic oxidation sites excluding steroid dienone is 2. The Bertz CT molecular complexity index is 961. The summed E-state index contributed by atoms with van der Waals surface area (Å²) in [6.07, 6.45) is 2.69. The van der Waals surface area contributed by atoms with Gasteiger partial charge in [0.15, 0.2) is 0 Å². The van der Waals surface area contributed by atoms with Crippen LogP contribution >= 0.6 is 11.6 Å². The second kappa shape index (κ2) is 5.72. The molecule has 1 aromatic heterocycles. The van der Waals surface area contributed by atoms with Crippen LogP contribution in [0.3, 0.4) is 0 Å². The highest BCUT2D eigenvalue weighted by Gasteiger charge is 2.26. The van der Waals surface area contributed by atoms with Gasteiger partial charge in [0.1, 0.15) is 5.69 Å². The predicted molar refractivity (Wildman–Crippen MR) is 87.4 cm³/mol. The van der Waals surface area contributed by atoms with Crippen LogP contribution in [0.15, 0.2) is 63.0 Å². The zero-order chi connectivity index (χ0) is 16.6. The van der Waals surface area contributed by atoms with E-state index in [1.165, 1.54) is 24.4 Å². The van der Waals surface area contributed by atoms with E-state index in [-0.39, 0.29) is 21.3 Å². The van der Waals surface area contributed by atoms with Crippen molar-refractivity contribution in [1.82, 2.24) is 4.98 Å². The number of aryl methyl sites for hydroxylation is 1. The topological polar surface area (TPSA) is 76.5 Å². The quantitative estimate of drug-likeness (QED) is 0.837. The number of rotatable bonds is 2. The molecule has 0 aliphatic heterocycles. The lowest BCUT2D eigenvalue weighted by molar-refractivity contribution is 0.103. The van der Waals surface area contributed by atoms with Crippen molar-refractivity contribution >= 4 is 33.1 Å². The summed E-state index contributed by atoms with van der Waals surface area (Å²) >= 11 is 5.88. The lowest BCUT2D eigenvalue weighted by Crippen LogP contribution is -2.18. The van der Waals surface area contributed by atoms with Crippen LogP contribution in [-0.2, 0) is 10.0 Å². The van der Waals surface area contributed by atoms with Crippen LogP contribution in [0.25, 0.3) is 0 Å². The average molecular weight is 347 g/mol. The molecule has 3 rings (SSSR count). The van der Waals surface area contributed by atoms with Gasteiger partial charge in [-0.05, 0) is 37.3 Å². The molecule has 2 aromatic rings. The molecule has 1 aliphatic carbocycles. The molecule has 0 bridgehead atoms. The molecule has 0 saturated carbocycles. The first-order valence-corrected chi connectivity index (χ1v) is 8.49. The molecule has 1 aromatic carbocycles. The maximum Gasteiger partial charge on any atom is 0.282 e. The van der Waals surface area contributed by atoms with Crippen molar-refractivity contribution in [2.24, 2.45) is 4.40 Å². The van der Waals surface area contributed by atoms with Gasteiger partial charge in [0.05, 0.1) is 15.6 Å². The molecule has 0 unspecified atom stereocenters. The fraction of sp³-hybridized carbons (Fsp3) is 0.0625. The van der Waals surface area contributed by atoms with Gasteiger partial charge in [-0.15, -0.1) is 0 Å². The first kappa shape index (κ1) is 15.6. The summed E-state index contributed by atoms with van der Waals surface area (Å²) in [4.78, 5) is 16.0. The summed E-state index contributed by atoms with van der Waals surface area (Å²) in [5.41, 5.74) is 1.48. The second-order valence-electron chi connectivity index (χ2n) is 4.99. The number of Topliss-reactive ketones (excluding diaryl/α,β-unsaturated/α-hetero) is 1. The van der Waals surface area contributed by atoms with Gasteiger partial charge in [0.25, 0.3) is 10.0 Å². The maximum absolute atomic E-state index is 12.4. The first-order chi connectivity index (χ1) is 10.9. The third kappa shape index (κ3) is 2.95. The van der Waals surface area contributed by atoms with E-state index in [1.54, 1.807) is 24.3 Å². The molecule has 0 N–H and O–H groups in total. The number of fused-ring (bicyclic) bond motifs is 1. The van der Waals surface area contributed by atoms with Gasteiger partial charge in [-0.25, -0.2) is 0 Å². The summed E-state index contributed by atoms with van der Waals surface area (Å²) < 4.78 is 28.7. The number of carbonyl (C=O) groups is 1. The number of sulfonamides is 1. The molecule has 0 amide bonds. The third-order valence-corrected chi connectivity index (χ3v) is 4.90. The molecular formula is C16H11ClN2O3S. The lowest BCUT2D eigenvalue weighted by atomic mass is 9.99. The number of aromatic nitrogens is 1. The van der Waals surface area contributed by atoms with Crippen LogP contribution in [0.1, 0.15) is 21.6 Å². The largest absolute Gasteiger partial charge is 0.286 e. The average Bonchev–Trinajstić information content (AvgIpc) is 2.52. The first-order valence-electron chi connectivity index (χ1n) is 6.67. The van der Waals surface area contributed by atoms with E-state index in [0.717, 1.165) is 5.56 Å². The molecule has 0 radical (unpaired) electrons. The number of nitrogens with zero attached hydrogens (tertiary/aromatic N) is 2. The van der Waals surface area contributed by atoms with Gasteiger partial charge in [-0.2, -0.15) is 12.8 Å². The van der Waals surface area contributed by atoms with Gasteiger partial charge >= 0.3 is 0 Å². The zero-order valence-electron chi connectivity index (χ0n) is 12.0.